The van der Waals surface area contributed by atoms with Gasteiger partial charge in [-0.25, -0.2) is 9.97 Å². The molecule has 26 heavy (non-hydrogen) atoms. The van der Waals surface area contributed by atoms with E-state index in [4.69, 9.17) is 16.6 Å². The van der Waals surface area contributed by atoms with Crippen LogP contribution in [-0.4, -0.2) is 31.5 Å². The van der Waals surface area contributed by atoms with Crippen molar-refractivity contribution in [1.82, 2.24) is 24.8 Å². The third-order valence-electron chi connectivity index (χ3n) is 4.27. The van der Waals surface area contributed by atoms with Crippen molar-refractivity contribution >= 4 is 39.6 Å². The molecule has 0 unspecified atom stereocenters. The summed E-state index contributed by atoms with van der Waals surface area (Å²) >= 11 is 6.12. The van der Waals surface area contributed by atoms with Crippen LogP contribution in [0.25, 0.3) is 33.3 Å². The van der Waals surface area contributed by atoms with Gasteiger partial charge in [0.05, 0.1) is 17.5 Å². The average molecular weight is 368 g/mol. The fourth-order valence-electron chi connectivity index (χ4n) is 3.10. The zero-order valence-electron chi connectivity index (χ0n) is 14.7. The lowest BCUT2D eigenvalue weighted by Crippen LogP contribution is -2.29. The summed E-state index contributed by atoms with van der Waals surface area (Å²) in [6, 6.07) is 5.80. The summed E-state index contributed by atoms with van der Waals surface area (Å²) in [5, 5.41) is 4.61. The van der Waals surface area contributed by atoms with E-state index in [-0.39, 0.29) is 11.9 Å². The number of rotatable bonds is 3. The van der Waals surface area contributed by atoms with Crippen LogP contribution in [-0.2, 0) is 7.05 Å². The molecular weight excluding hydrogens is 350 g/mol. The number of hydrogen-bond donors (Lipinski definition) is 2. The van der Waals surface area contributed by atoms with Gasteiger partial charge >= 0.3 is 0 Å². The van der Waals surface area contributed by atoms with E-state index in [0.717, 1.165) is 16.5 Å². The Morgan fingerprint density at radius 3 is 2.92 bits per heavy atom. The van der Waals surface area contributed by atoms with Gasteiger partial charge in [0.2, 0.25) is 0 Å². The van der Waals surface area contributed by atoms with Crippen molar-refractivity contribution in [1.29, 1.82) is 0 Å². The molecule has 0 fully saturated rings. The molecule has 0 spiro atoms. The second-order valence-corrected chi connectivity index (χ2v) is 7.03. The maximum absolute atomic E-state index is 12.4. The van der Waals surface area contributed by atoms with Crippen LogP contribution in [0.5, 0.6) is 0 Å². The number of aryl methyl sites for hydroxylation is 1. The molecule has 132 valence electrons. The van der Waals surface area contributed by atoms with Crippen molar-refractivity contribution in [2.75, 3.05) is 0 Å². The molecule has 1 amide bonds. The first-order valence-electron chi connectivity index (χ1n) is 8.34. The number of aromatic nitrogens is 4. The summed E-state index contributed by atoms with van der Waals surface area (Å²) in [6.07, 6.45) is 5.36. The van der Waals surface area contributed by atoms with Crippen LogP contribution in [0.1, 0.15) is 24.2 Å². The van der Waals surface area contributed by atoms with E-state index in [1.54, 1.807) is 12.4 Å². The zero-order chi connectivity index (χ0) is 18.4. The summed E-state index contributed by atoms with van der Waals surface area (Å²) in [7, 11) is 1.96. The standard InChI is InChI=1S/C19H18ClN5O/c1-10(2)23-19(26)13-7-21-18-17(13)24-15(8-22-18)14-9-25(3)16-6-11(20)4-5-12(14)16/h4-10H,1-3H3,(H,21,22)(H,23,26). The molecule has 3 heterocycles. The summed E-state index contributed by atoms with van der Waals surface area (Å²) < 4.78 is 2.01. The molecule has 0 saturated carbocycles. The molecule has 0 aliphatic heterocycles. The monoisotopic (exact) mass is 367 g/mol. The van der Waals surface area contributed by atoms with Crippen LogP contribution in [0.4, 0.5) is 0 Å². The first kappa shape index (κ1) is 16.6. The van der Waals surface area contributed by atoms with E-state index in [0.29, 0.717) is 27.4 Å². The highest BCUT2D eigenvalue weighted by Crippen LogP contribution is 2.31. The molecule has 0 atom stereocenters. The van der Waals surface area contributed by atoms with E-state index in [1.807, 2.05) is 49.9 Å². The maximum Gasteiger partial charge on any atom is 0.255 e. The van der Waals surface area contributed by atoms with Crippen LogP contribution in [0.3, 0.4) is 0 Å². The van der Waals surface area contributed by atoms with Gasteiger partial charge in [0, 0.05) is 47.0 Å². The molecule has 6 nitrogen and oxygen atoms in total. The number of benzene rings is 1. The number of carbonyl (C=O) groups is 1. The normalized spacial score (nSPS) is 11.6. The molecular formula is C19H18ClN5O. The summed E-state index contributed by atoms with van der Waals surface area (Å²) in [6.45, 7) is 3.84. The first-order chi connectivity index (χ1) is 12.4. The van der Waals surface area contributed by atoms with Gasteiger partial charge in [0.15, 0.2) is 5.65 Å². The van der Waals surface area contributed by atoms with Crippen molar-refractivity contribution in [2.24, 2.45) is 7.05 Å². The van der Waals surface area contributed by atoms with E-state index < -0.39 is 0 Å². The van der Waals surface area contributed by atoms with Crippen molar-refractivity contribution in [2.45, 2.75) is 19.9 Å². The van der Waals surface area contributed by atoms with Gasteiger partial charge in [0.25, 0.3) is 5.91 Å². The molecule has 1 aromatic carbocycles. The highest BCUT2D eigenvalue weighted by Gasteiger charge is 2.17. The number of amides is 1. The maximum atomic E-state index is 12.4. The lowest BCUT2D eigenvalue weighted by atomic mass is 10.1. The summed E-state index contributed by atoms with van der Waals surface area (Å²) in [5.41, 5.74) is 4.32. The van der Waals surface area contributed by atoms with Crippen LogP contribution >= 0.6 is 11.6 Å². The van der Waals surface area contributed by atoms with Gasteiger partial charge in [-0.2, -0.15) is 0 Å². The Bertz CT molecular complexity index is 1140. The zero-order valence-corrected chi connectivity index (χ0v) is 15.4. The fraction of sp³-hybridized carbons (Fsp3) is 0.211. The minimum atomic E-state index is -0.164. The number of fused-ring (bicyclic) bond motifs is 2. The van der Waals surface area contributed by atoms with E-state index in [2.05, 4.69) is 15.3 Å². The van der Waals surface area contributed by atoms with E-state index >= 15 is 0 Å². The van der Waals surface area contributed by atoms with Crippen LogP contribution < -0.4 is 5.32 Å². The minimum Gasteiger partial charge on any atom is -0.350 e. The number of nitrogens with one attached hydrogen (secondary N) is 2. The van der Waals surface area contributed by atoms with Gasteiger partial charge in [-0.1, -0.05) is 17.7 Å². The lowest BCUT2D eigenvalue weighted by molar-refractivity contribution is 0.0944. The van der Waals surface area contributed by atoms with E-state index in [9.17, 15) is 4.79 Å². The van der Waals surface area contributed by atoms with Crippen molar-refractivity contribution < 1.29 is 4.79 Å². The van der Waals surface area contributed by atoms with Gasteiger partial charge in [0.1, 0.15) is 5.52 Å². The molecule has 4 rings (SSSR count). The van der Waals surface area contributed by atoms with Crippen LogP contribution in [0, 0.1) is 0 Å². The Morgan fingerprint density at radius 1 is 1.35 bits per heavy atom. The second-order valence-electron chi connectivity index (χ2n) is 6.60. The molecule has 0 aliphatic carbocycles. The number of hydrogen-bond acceptors (Lipinski definition) is 3. The Hall–Kier alpha value is -2.86. The van der Waals surface area contributed by atoms with Gasteiger partial charge in [-0.3, -0.25) is 4.79 Å². The van der Waals surface area contributed by atoms with Crippen molar-refractivity contribution in [3.05, 3.63) is 47.4 Å². The van der Waals surface area contributed by atoms with Crippen molar-refractivity contribution in [3.63, 3.8) is 0 Å². The predicted octanol–water partition coefficient (Wildman–Crippen LogP) is 3.91. The number of nitrogens with zero attached hydrogens (tertiary/aromatic N) is 3. The third-order valence-corrected chi connectivity index (χ3v) is 4.51. The largest absolute Gasteiger partial charge is 0.350 e. The Labute approximate surface area is 155 Å². The van der Waals surface area contributed by atoms with Crippen molar-refractivity contribution in [3.8, 4) is 11.3 Å². The number of carbonyl (C=O) groups excluding carboxylic acids is 1. The molecule has 0 radical (unpaired) electrons. The summed E-state index contributed by atoms with van der Waals surface area (Å²) in [5.74, 6) is -0.164. The minimum absolute atomic E-state index is 0.0476. The quantitative estimate of drug-likeness (QED) is 0.576. The molecule has 7 heteroatoms. The Balaban J connectivity index is 1.87. The molecule has 0 bridgehead atoms. The van der Waals surface area contributed by atoms with Gasteiger partial charge in [-0.05, 0) is 26.0 Å². The smallest absolute Gasteiger partial charge is 0.255 e. The topological polar surface area (TPSA) is 75.6 Å². The van der Waals surface area contributed by atoms with E-state index in [1.165, 1.54) is 0 Å². The average Bonchev–Trinajstić information content (AvgIpc) is 3.15. The number of halogens is 1. The first-order valence-corrected chi connectivity index (χ1v) is 8.72. The lowest BCUT2D eigenvalue weighted by Gasteiger charge is -2.07. The van der Waals surface area contributed by atoms with Crippen LogP contribution in [0.15, 0.2) is 36.8 Å². The molecule has 0 saturated heterocycles. The molecule has 0 aliphatic rings. The summed E-state index contributed by atoms with van der Waals surface area (Å²) in [4.78, 5) is 24.6. The number of aromatic amines is 1. The van der Waals surface area contributed by atoms with Crippen LogP contribution in [0.2, 0.25) is 5.02 Å². The second kappa shape index (κ2) is 6.14. The number of H-pyrrole nitrogens is 1. The molecule has 3 aromatic heterocycles. The highest BCUT2D eigenvalue weighted by atomic mass is 35.5. The highest BCUT2D eigenvalue weighted by molar-refractivity contribution is 6.31. The van der Waals surface area contributed by atoms with Gasteiger partial charge in [-0.15, -0.1) is 0 Å². The Kier molecular flexibility index (Phi) is 3.92. The predicted molar refractivity (Wildman–Crippen MR) is 103 cm³/mol. The van der Waals surface area contributed by atoms with Gasteiger partial charge < -0.3 is 14.9 Å². The Morgan fingerprint density at radius 2 is 2.15 bits per heavy atom. The SMILES string of the molecule is CC(C)NC(=O)c1c[nH]c2ncc(-c3cn(C)c4cc(Cl)ccc34)nc12. The third kappa shape index (κ3) is 2.72. The fourth-order valence-corrected chi connectivity index (χ4v) is 3.26. The molecule has 2 N–H and O–H groups in total. The molecule has 4 aromatic rings.